The van der Waals surface area contributed by atoms with Crippen LogP contribution in [0, 0.1) is 32.1 Å². The number of carbonyl (C=O) groups excluding carboxylic acids is 1. The maximum atomic E-state index is 12.8. The Morgan fingerprint density at radius 1 is 1.03 bits per heavy atom. The standard InChI is InChI=1S/C26H22Cl2N2O2/c1-16-4-7-19(8-5-16)15-32-25-20(12-22(27)13-23(25)28)11-21(14-29)26(31)30-24-9-6-17(2)10-18(24)3/h4-13H,15H2,1-3H3,(H,30,31)/b21-11+. The summed E-state index contributed by atoms with van der Waals surface area (Å²) >= 11 is 12.6. The summed E-state index contributed by atoms with van der Waals surface area (Å²) in [5.74, 6) is -0.177. The van der Waals surface area contributed by atoms with Crippen LogP contribution in [0.2, 0.25) is 10.0 Å². The van der Waals surface area contributed by atoms with Crippen molar-refractivity contribution in [3.63, 3.8) is 0 Å². The van der Waals surface area contributed by atoms with E-state index in [1.54, 1.807) is 12.1 Å². The highest BCUT2D eigenvalue weighted by Gasteiger charge is 2.15. The Bertz CT molecular complexity index is 1230. The van der Waals surface area contributed by atoms with Crippen LogP contribution in [0.4, 0.5) is 5.69 Å². The van der Waals surface area contributed by atoms with Crippen molar-refractivity contribution in [2.45, 2.75) is 27.4 Å². The molecule has 0 aliphatic rings. The molecule has 3 aromatic rings. The molecule has 3 rings (SSSR count). The number of halogens is 2. The maximum absolute atomic E-state index is 12.8. The van der Waals surface area contributed by atoms with E-state index in [4.69, 9.17) is 27.9 Å². The normalized spacial score (nSPS) is 11.1. The Hall–Kier alpha value is -3.26. The Morgan fingerprint density at radius 3 is 2.38 bits per heavy atom. The average molecular weight is 465 g/mol. The molecule has 0 heterocycles. The van der Waals surface area contributed by atoms with E-state index in [1.165, 1.54) is 6.08 Å². The van der Waals surface area contributed by atoms with Gasteiger partial charge in [-0.2, -0.15) is 5.26 Å². The number of anilines is 1. The van der Waals surface area contributed by atoms with E-state index in [2.05, 4.69) is 5.32 Å². The van der Waals surface area contributed by atoms with Crippen molar-refractivity contribution in [2.75, 3.05) is 5.32 Å². The number of hydrogen-bond acceptors (Lipinski definition) is 3. The smallest absolute Gasteiger partial charge is 0.266 e. The molecule has 0 saturated carbocycles. The molecule has 0 aliphatic heterocycles. The highest BCUT2D eigenvalue weighted by molar-refractivity contribution is 6.36. The highest BCUT2D eigenvalue weighted by Crippen LogP contribution is 2.34. The summed E-state index contributed by atoms with van der Waals surface area (Å²) < 4.78 is 5.95. The largest absolute Gasteiger partial charge is 0.487 e. The van der Waals surface area contributed by atoms with Gasteiger partial charge in [-0.1, -0.05) is 70.7 Å². The third-order valence-corrected chi connectivity index (χ3v) is 5.33. The molecule has 0 bridgehead atoms. The van der Waals surface area contributed by atoms with E-state index in [9.17, 15) is 10.1 Å². The molecule has 4 nitrogen and oxygen atoms in total. The maximum Gasteiger partial charge on any atom is 0.266 e. The number of benzene rings is 3. The molecule has 1 amide bonds. The number of nitrogens with one attached hydrogen (secondary N) is 1. The molecule has 1 N–H and O–H groups in total. The number of amides is 1. The van der Waals surface area contributed by atoms with Gasteiger partial charge in [0.2, 0.25) is 0 Å². The summed E-state index contributed by atoms with van der Waals surface area (Å²) in [6, 6.07) is 18.7. The Kier molecular flexibility index (Phi) is 7.58. The first-order chi connectivity index (χ1) is 15.3. The number of nitrogens with zero attached hydrogens (tertiary/aromatic N) is 1. The molecule has 6 heteroatoms. The minimum Gasteiger partial charge on any atom is -0.487 e. The zero-order chi connectivity index (χ0) is 23.3. The molecule has 0 spiro atoms. The van der Waals surface area contributed by atoms with Gasteiger partial charge in [0.15, 0.2) is 0 Å². The minimum atomic E-state index is -0.528. The van der Waals surface area contributed by atoms with Gasteiger partial charge in [0.05, 0.1) is 5.02 Å². The van der Waals surface area contributed by atoms with Gasteiger partial charge < -0.3 is 10.1 Å². The van der Waals surface area contributed by atoms with Crippen molar-refractivity contribution in [1.29, 1.82) is 5.26 Å². The topological polar surface area (TPSA) is 62.1 Å². The molecular formula is C26H22Cl2N2O2. The molecule has 0 saturated heterocycles. The zero-order valence-electron chi connectivity index (χ0n) is 18.0. The quantitative estimate of drug-likeness (QED) is 0.314. The van der Waals surface area contributed by atoms with E-state index in [1.807, 2.05) is 69.3 Å². The number of ether oxygens (including phenoxy) is 1. The first kappa shape index (κ1) is 23.4. The van der Waals surface area contributed by atoms with Crippen LogP contribution in [0.3, 0.4) is 0 Å². The summed E-state index contributed by atoms with van der Waals surface area (Å²) in [6.07, 6.45) is 1.43. The first-order valence-corrected chi connectivity index (χ1v) is 10.7. The second-order valence-electron chi connectivity index (χ2n) is 7.52. The lowest BCUT2D eigenvalue weighted by atomic mass is 10.1. The second-order valence-corrected chi connectivity index (χ2v) is 8.37. The predicted molar refractivity (Wildman–Crippen MR) is 130 cm³/mol. The number of nitriles is 1. The fourth-order valence-corrected chi connectivity index (χ4v) is 3.69. The van der Waals surface area contributed by atoms with Gasteiger partial charge in [-0.15, -0.1) is 0 Å². The van der Waals surface area contributed by atoms with Crippen molar-refractivity contribution in [2.24, 2.45) is 0 Å². The third-order valence-electron chi connectivity index (χ3n) is 4.84. The average Bonchev–Trinajstić information content (AvgIpc) is 2.74. The summed E-state index contributed by atoms with van der Waals surface area (Å²) in [5.41, 5.74) is 5.09. The summed E-state index contributed by atoms with van der Waals surface area (Å²) in [4.78, 5) is 12.8. The van der Waals surface area contributed by atoms with Crippen LogP contribution in [0.25, 0.3) is 6.08 Å². The summed E-state index contributed by atoms with van der Waals surface area (Å²) in [5, 5.41) is 13.1. The van der Waals surface area contributed by atoms with Gasteiger partial charge in [0, 0.05) is 16.3 Å². The molecule has 0 aromatic heterocycles. The van der Waals surface area contributed by atoms with Crippen LogP contribution in [0.15, 0.2) is 60.2 Å². The lowest BCUT2D eigenvalue weighted by molar-refractivity contribution is -0.112. The summed E-state index contributed by atoms with van der Waals surface area (Å²) in [7, 11) is 0. The molecule has 0 unspecified atom stereocenters. The van der Waals surface area contributed by atoms with Gasteiger partial charge in [-0.25, -0.2) is 0 Å². The highest BCUT2D eigenvalue weighted by atomic mass is 35.5. The number of carbonyl (C=O) groups is 1. The van der Waals surface area contributed by atoms with E-state index in [0.29, 0.717) is 27.0 Å². The number of rotatable bonds is 6. The van der Waals surface area contributed by atoms with Gasteiger partial charge in [0.25, 0.3) is 5.91 Å². The van der Waals surface area contributed by atoms with Crippen LogP contribution in [0.5, 0.6) is 5.75 Å². The molecule has 0 fully saturated rings. The lowest BCUT2D eigenvalue weighted by Crippen LogP contribution is -2.14. The van der Waals surface area contributed by atoms with Crippen molar-refractivity contribution in [3.05, 3.63) is 98.0 Å². The fraction of sp³-hybridized carbons (Fsp3) is 0.154. The van der Waals surface area contributed by atoms with Gasteiger partial charge >= 0.3 is 0 Å². The molecular weight excluding hydrogens is 443 g/mol. The molecule has 0 radical (unpaired) electrons. The molecule has 0 aliphatic carbocycles. The number of hydrogen-bond donors (Lipinski definition) is 1. The third kappa shape index (κ3) is 5.91. The monoisotopic (exact) mass is 464 g/mol. The first-order valence-electron chi connectivity index (χ1n) is 9.94. The van der Waals surface area contributed by atoms with Crippen LogP contribution in [0.1, 0.15) is 27.8 Å². The van der Waals surface area contributed by atoms with Crippen LogP contribution in [-0.4, -0.2) is 5.91 Å². The van der Waals surface area contributed by atoms with E-state index >= 15 is 0 Å². The van der Waals surface area contributed by atoms with Gasteiger partial charge in [-0.3, -0.25) is 4.79 Å². The Balaban J connectivity index is 1.89. The van der Waals surface area contributed by atoms with E-state index in [-0.39, 0.29) is 12.2 Å². The van der Waals surface area contributed by atoms with Crippen LogP contribution in [-0.2, 0) is 11.4 Å². The lowest BCUT2D eigenvalue weighted by Gasteiger charge is -2.13. The van der Waals surface area contributed by atoms with Gasteiger partial charge in [-0.05, 0) is 56.2 Å². The van der Waals surface area contributed by atoms with Crippen LogP contribution >= 0.6 is 23.2 Å². The zero-order valence-corrected chi connectivity index (χ0v) is 19.5. The van der Waals surface area contributed by atoms with Crippen LogP contribution < -0.4 is 10.1 Å². The SMILES string of the molecule is Cc1ccc(COc2c(Cl)cc(Cl)cc2/C=C(\C#N)C(=O)Nc2ccc(C)cc2C)cc1. The second kappa shape index (κ2) is 10.4. The molecule has 3 aromatic carbocycles. The summed E-state index contributed by atoms with van der Waals surface area (Å²) in [6.45, 7) is 6.15. The molecule has 32 heavy (non-hydrogen) atoms. The van der Waals surface area contributed by atoms with Crippen molar-refractivity contribution >= 4 is 40.9 Å². The minimum absolute atomic E-state index is 0.0940. The Morgan fingerprint density at radius 2 is 1.72 bits per heavy atom. The van der Waals surface area contributed by atoms with E-state index in [0.717, 1.165) is 22.3 Å². The van der Waals surface area contributed by atoms with Crippen molar-refractivity contribution in [3.8, 4) is 11.8 Å². The predicted octanol–water partition coefficient (Wildman–Crippen LogP) is 7.04. The fourth-order valence-electron chi connectivity index (χ4n) is 3.13. The van der Waals surface area contributed by atoms with Crippen molar-refractivity contribution in [1.82, 2.24) is 0 Å². The van der Waals surface area contributed by atoms with E-state index < -0.39 is 5.91 Å². The van der Waals surface area contributed by atoms with Gasteiger partial charge in [0.1, 0.15) is 24.0 Å². The molecule has 162 valence electrons. The molecule has 0 atom stereocenters. The van der Waals surface area contributed by atoms with Crippen molar-refractivity contribution < 1.29 is 9.53 Å². The number of aryl methyl sites for hydroxylation is 3. The Labute approximate surface area is 198 Å².